The Labute approximate surface area is 138 Å². The van der Waals surface area contributed by atoms with Crippen molar-refractivity contribution in [1.29, 1.82) is 0 Å². The lowest BCUT2D eigenvalue weighted by Gasteiger charge is -2.07. The van der Waals surface area contributed by atoms with Gasteiger partial charge in [-0.3, -0.25) is 9.59 Å². The maximum Gasteiger partial charge on any atom is 0.251 e. The molecule has 0 aliphatic rings. The van der Waals surface area contributed by atoms with Crippen LogP contribution in [0, 0.1) is 0 Å². The number of hydrogen-bond donors (Lipinski definition) is 2. The number of rotatable bonds is 5. The third kappa shape index (κ3) is 3.46. The monoisotopic (exact) mass is 321 g/mol. The van der Waals surface area contributed by atoms with Crippen LogP contribution in [0.15, 0.2) is 61.2 Å². The number of nitrogens with two attached hydrogens (primary N) is 1. The molecule has 2 amide bonds. The van der Waals surface area contributed by atoms with Gasteiger partial charge in [0.1, 0.15) is 12.7 Å². The van der Waals surface area contributed by atoms with Gasteiger partial charge in [-0.15, -0.1) is 0 Å². The summed E-state index contributed by atoms with van der Waals surface area (Å²) in [5.74, 6) is -0.698. The van der Waals surface area contributed by atoms with Crippen molar-refractivity contribution in [3.05, 3.63) is 77.9 Å². The highest BCUT2D eigenvalue weighted by molar-refractivity contribution is 5.94. The lowest BCUT2D eigenvalue weighted by molar-refractivity contribution is 0.0950. The molecule has 120 valence electrons. The predicted molar refractivity (Wildman–Crippen MR) is 87.5 cm³/mol. The smallest absolute Gasteiger partial charge is 0.251 e. The van der Waals surface area contributed by atoms with Crippen LogP contribution in [0.5, 0.6) is 0 Å². The van der Waals surface area contributed by atoms with E-state index in [9.17, 15) is 9.59 Å². The number of carbonyl (C=O) groups is 2. The molecule has 0 atom stereocenters. The molecule has 3 aromatic rings. The van der Waals surface area contributed by atoms with Gasteiger partial charge in [-0.25, -0.2) is 9.67 Å². The lowest BCUT2D eigenvalue weighted by atomic mass is 10.1. The van der Waals surface area contributed by atoms with Crippen LogP contribution < -0.4 is 11.1 Å². The van der Waals surface area contributed by atoms with Gasteiger partial charge < -0.3 is 11.1 Å². The van der Waals surface area contributed by atoms with Crippen LogP contribution in [-0.4, -0.2) is 26.6 Å². The molecule has 0 fully saturated rings. The average molecular weight is 321 g/mol. The van der Waals surface area contributed by atoms with E-state index >= 15 is 0 Å². The van der Waals surface area contributed by atoms with E-state index in [0.717, 1.165) is 11.3 Å². The molecule has 0 saturated heterocycles. The van der Waals surface area contributed by atoms with Crippen LogP contribution in [0.25, 0.3) is 5.69 Å². The molecule has 0 aliphatic carbocycles. The van der Waals surface area contributed by atoms with Crippen molar-refractivity contribution < 1.29 is 9.59 Å². The molecule has 24 heavy (non-hydrogen) atoms. The molecule has 1 heterocycles. The van der Waals surface area contributed by atoms with E-state index in [2.05, 4.69) is 15.4 Å². The molecular formula is C17H15N5O2. The Kier molecular flexibility index (Phi) is 4.33. The number of primary amides is 1. The molecule has 0 spiro atoms. The minimum Gasteiger partial charge on any atom is -0.366 e. The molecule has 0 bridgehead atoms. The van der Waals surface area contributed by atoms with Gasteiger partial charge in [0.25, 0.3) is 5.91 Å². The van der Waals surface area contributed by atoms with E-state index in [0.29, 0.717) is 17.7 Å². The first-order valence-corrected chi connectivity index (χ1v) is 7.25. The first kappa shape index (κ1) is 15.4. The molecule has 7 nitrogen and oxygen atoms in total. The van der Waals surface area contributed by atoms with Gasteiger partial charge >= 0.3 is 0 Å². The maximum atomic E-state index is 12.2. The maximum absolute atomic E-state index is 12.2. The number of amides is 2. The Hall–Kier alpha value is -3.48. The number of hydrogen-bond acceptors (Lipinski definition) is 4. The van der Waals surface area contributed by atoms with Gasteiger partial charge in [-0.2, -0.15) is 5.10 Å². The van der Waals surface area contributed by atoms with Crippen molar-refractivity contribution in [1.82, 2.24) is 20.1 Å². The van der Waals surface area contributed by atoms with Gasteiger partial charge in [-0.05, 0) is 42.0 Å². The normalized spacial score (nSPS) is 10.3. The zero-order valence-electron chi connectivity index (χ0n) is 12.7. The number of carbonyl (C=O) groups excluding carboxylic acids is 2. The van der Waals surface area contributed by atoms with Crippen molar-refractivity contribution >= 4 is 11.8 Å². The van der Waals surface area contributed by atoms with Crippen LogP contribution in [-0.2, 0) is 6.54 Å². The summed E-state index contributed by atoms with van der Waals surface area (Å²) in [6.07, 6.45) is 3.03. The summed E-state index contributed by atoms with van der Waals surface area (Å²) in [7, 11) is 0. The average Bonchev–Trinajstić information content (AvgIpc) is 3.14. The van der Waals surface area contributed by atoms with E-state index < -0.39 is 5.91 Å². The van der Waals surface area contributed by atoms with Crippen LogP contribution in [0.1, 0.15) is 26.3 Å². The quantitative estimate of drug-likeness (QED) is 0.739. The minimum atomic E-state index is -0.494. The first-order valence-electron chi connectivity index (χ1n) is 7.25. The fraction of sp³-hybridized carbons (Fsp3) is 0.0588. The second kappa shape index (κ2) is 6.74. The SMILES string of the molecule is NC(=O)c1cccc(CNC(=O)c2ccc(-n3cncn3)cc2)c1. The van der Waals surface area contributed by atoms with E-state index in [-0.39, 0.29) is 5.91 Å². The molecule has 0 radical (unpaired) electrons. The van der Waals surface area contributed by atoms with Gasteiger partial charge in [0.15, 0.2) is 0 Å². The Morgan fingerprint density at radius 3 is 2.54 bits per heavy atom. The molecule has 0 unspecified atom stereocenters. The summed E-state index contributed by atoms with van der Waals surface area (Å²) < 4.78 is 1.61. The highest BCUT2D eigenvalue weighted by Crippen LogP contribution is 2.09. The summed E-state index contributed by atoms with van der Waals surface area (Å²) in [6, 6.07) is 13.9. The molecule has 3 N–H and O–H groups in total. The van der Waals surface area contributed by atoms with Crippen molar-refractivity contribution in [3.8, 4) is 5.69 Å². The van der Waals surface area contributed by atoms with Crippen LogP contribution in [0.4, 0.5) is 0 Å². The number of nitrogens with one attached hydrogen (secondary N) is 1. The Morgan fingerprint density at radius 1 is 1.08 bits per heavy atom. The summed E-state index contributed by atoms with van der Waals surface area (Å²) in [6.45, 7) is 0.310. The summed E-state index contributed by atoms with van der Waals surface area (Å²) >= 11 is 0. The van der Waals surface area contributed by atoms with Crippen molar-refractivity contribution in [2.24, 2.45) is 5.73 Å². The predicted octanol–water partition coefficient (Wildman–Crippen LogP) is 1.30. The molecule has 2 aromatic carbocycles. The second-order valence-electron chi connectivity index (χ2n) is 5.13. The molecular weight excluding hydrogens is 306 g/mol. The third-order valence-electron chi connectivity index (χ3n) is 3.48. The largest absolute Gasteiger partial charge is 0.366 e. The minimum absolute atomic E-state index is 0.204. The van der Waals surface area contributed by atoms with Crippen molar-refractivity contribution in [2.75, 3.05) is 0 Å². The number of aromatic nitrogens is 3. The molecule has 0 aliphatic heterocycles. The Balaban J connectivity index is 1.65. The summed E-state index contributed by atoms with van der Waals surface area (Å²) in [5, 5.41) is 6.84. The zero-order chi connectivity index (χ0) is 16.9. The van der Waals surface area contributed by atoms with Crippen LogP contribution >= 0.6 is 0 Å². The Morgan fingerprint density at radius 2 is 1.88 bits per heavy atom. The standard InChI is InChI=1S/C17H15N5O2/c18-16(23)14-3-1-2-12(8-14)9-20-17(24)13-4-6-15(7-5-13)22-11-19-10-21-22/h1-8,10-11H,9H2,(H2,18,23)(H,20,24). The second-order valence-corrected chi connectivity index (χ2v) is 5.13. The number of benzene rings is 2. The fourth-order valence-electron chi connectivity index (χ4n) is 2.23. The van der Waals surface area contributed by atoms with Gasteiger partial charge in [0.05, 0.1) is 5.69 Å². The summed E-state index contributed by atoms with van der Waals surface area (Å²) in [4.78, 5) is 27.2. The molecule has 7 heteroatoms. The van der Waals surface area contributed by atoms with E-state index in [1.54, 1.807) is 53.5 Å². The topological polar surface area (TPSA) is 103 Å². The zero-order valence-corrected chi connectivity index (χ0v) is 12.7. The van der Waals surface area contributed by atoms with Gasteiger partial charge in [0.2, 0.25) is 5.91 Å². The van der Waals surface area contributed by atoms with E-state index in [1.807, 2.05) is 6.07 Å². The van der Waals surface area contributed by atoms with Gasteiger partial charge in [-0.1, -0.05) is 12.1 Å². The highest BCUT2D eigenvalue weighted by Gasteiger charge is 2.07. The third-order valence-corrected chi connectivity index (χ3v) is 3.48. The first-order chi connectivity index (χ1) is 11.6. The molecule has 3 rings (SSSR count). The molecule has 1 aromatic heterocycles. The van der Waals surface area contributed by atoms with E-state index in [4.69, 9.17) is 5.73 Å². The molecule has 0 saturated carbocycles. The lowest BCUT2D eigenvalue weighted by Crippen LogP contribution is -2.23. The number of nitrogens with zero attached hydrogens (tertiary/aromatic N) is 3. The Bertz CT molecular complexity index is 857. The summed E-state index contributed by atoms with van der Waals surface area (Å²) in [5.41, 5.74) is 7.82. The van der Waals surface area contributed by atoms with Crippen molar-refractivity contribution in [2.45, 2.75) is 6.54 Å². The van der Waals surface area contributed by atoms with Crippen LogP contribution in [0.3, 0.4) is 0 Å². The van der Waals surface area contributed by atoms with Crippen molar-refractivity contribution in [3.63, 3.8) is 0 Å². The van der Waals surface area contributed by atoms with Gasteiger partial charge in [0, 0.05) is 17.7 Å². The highest BCUT2D eigenvalue weighted by atomic mass is 16.2. The van der Waals surface area contributed by atoms with Crippen LogP contribution in [0.2, 0.25) is 0 Å². The van der Waals surface area contributed by atoms with E-state index in [1.165, 1.54) is 6.33 Å². The fourth-order valence-corrected chi connectivity index (χ4v) is 2.23.